The van der Waals surface area contributed by atoms with Crippen LogP contribution in [0.3, 0.4) is 0 Å². The van der Waals surface area contributed by atoms with Crippen LogP contribution in [0.2, 0.25) is 0 Å². The van der Waals surface area contributed by atoms with Gasteiger partial charge in [0.15, 0.2) is 0 Å². The largest absolute Gasteiger partial charge is 0.372 e. The Kier molecular flexibility index (Phi) is 7.01. The van der Waals surface area contributed by atoms with Crippen molar-refractivity contribution in [2.24, 2.45) is 0 Å². The molecule has 0 spiro atoms. The summed E-state index contributed by atoms with van der Waals surface area (Å²) in [7, 11) is 1.71. The minimum Gasteiger partial charge on any atom is -0.372 e. The average molecular weight is 325 g/mol. The first-order chi connectivity index (χ1) is 11.7. The fourth-order valence-corrected chi connectivity index (χ4v) is 2.93. The van der Waals surface area contributed by atoms with Crippen LogP contribution in [0.15, 0.2) is 60.7 Å². The van der Waals surface area contributed by atoms with Crippen LogP contribution < -0.4 is 5.32 Å². The van der Waals surface area contributed by atoms with E-state index in [4.69, 9.17) is 4.74 Å². The third-order valence-corrected chi connectivity index (χ3v) is 4.54. The van der Waals surface area contributed by atoms with Crippen LogP contribution in [0.5, 0.6) is 0 Å². The topological polar surface area (TPSA) is 38.3 Å². The van der Waals surface area contributed by atoms with E-state index in [0.29, 0.717) is 13.0 Å². The Hall–Kier alpha value is -2.13. The predicted molar refractivity (Wildman–Crippen MR) is 97.8 cm³/mol. The van der Waals surface area contributed by atoms with Gasteiger partial charge in [0.05, 0.1) is 6.54 Å². The molecule has 1 N–H and O–H groups in total. The number of carbonyl (C=O) groups excluding carboxylic acids is 1. The summed E-state index contributed by atoms with van der Waals surface area (Å²) in [6.07, 6.45) is 3.12. The van der Waals surface area contributed by atoms with E-state index in [0.717, 1.165) is 24.8 Å². The van der Waals surface area contributed by atoms with Crippen LogP contribution in [-0.4, -0.2) is 19.6 Å². The van der Waals surface area contributed by atoms with Gasteiger partial charge in [-0.05, 0) is 30.4 Å². The normalized spacial score (nSPS) is 13.2. The van der Waals surface area contributed by atoms with E-state index in [2.05, 4.69) is 36.5 Å². The van der Waals surface area contributed by atoms with Gasteiger partial charge in [-0.1, -0.05) is 67.6 Å². The molecule has 2 aromatic carbocycles. The van der Waals surface area contributed by atoms with Crippen LogP contribution in [0.1, 0.15) is 37.3 Å². The molecule has 1 unspecified atom stereocenters. The summed E-state index contributed by atoms with van der Waals surface area (Å²) in [6.45, 7) is 2.58. The monoisotopic (exact) mass is 325 g/mol. The number of rotatable bonds is 9. The molecular formula is C21H27NO2. The Labute approximate surface area is 145 Å². The maximum absolute atomic E-state index is 12.2. The number of amides is 1. The molecule has 128 valence electrons. The summed E-state index contributed by atoms with van der Waals surface area (Å²) in [4.78, 5) is 12.2. The summed E-state index contributed by atoms with van der Waals surface area (Å²) in [5.41, 5.74) is 1.91. The Morgan fingerprint density at radius 3 is 2.25 bits per heavy atom. The first-order valence-electron chi connectivity index (χ1n) is 8.61. The Balaban J connectivity index is 1.84. The van der Waals surface area contributed by atoms with Gasteiger partial charge in [0.25, 0.3) is 0 Å². The van der Waals surface area contributed by atoms with E-state index in [9.17, 15) is 4.79 Å². The molecule has 1 amide bonds. The molecule has 0 saturated carbocycles. The first kappa shape index (κ1) is 18.2. The molecule has 0 saturated heterocycles. The zero-order valence-electron chi connectivity index (χ0n) is 14.6. The molecule has 2 rings (SSSR count). The summed E-state index contributed by atoms with van der Waals surface area (Å²) in [6, 6.07) is 20.4. The fraction of sp³-hybridized carbons (Fsp3) is 0.381. The summed E-state index contributed by atoms with van der Waals surface area (Å²) < 4.78 is 5.78. The van der Waals surface area contributed by atoms with Crippen LogP contribution >= 0.6 is 0 Å². The smallest absolute Gasteiger partial charge is 0.220 e. The molecule has 3 nitrogen and oxygen atoms in total. The van der Waals surface area contributed by atoms with E-state index in [-0.39, 0.29) is 5.91 Å². The molecule has 0 heterocycles. The third-order valence-electron chi connectivity index (χ3n) is 4.54. The fourth-order valence-electron chi connectivity index (χ4n) is 2.93. The number of nitrogens with one attached hydrogen (secondary N) is 1. The van der Waals surface area contributed by atoms with Gasteiger partial charge in [0.2, 0.25) is 5.91 Å². The van der Waals surface area contributed by atoms with Crippen molar-refractivity contribution in [3.8, 4) is 0 Å². The minimum absolute atomic E-state index is 0.0803. The molecule has 0 aliphatic rings. The molecule has 0 aliphatic heterocycles. The predicted octanol–water partition coefficient (Wildman–Crippen LogP) is 4.08. The SMILES string of the molecule is CCC(CNC(=O)CCCc1ccccc1)(OC)c1ccccc1. The highest BCUT2D eigenvalue weighted by Gasteiger charge is 2.30. The van der Waals surface area contributed by atoms with Gasteiger partial charge in [-0.2, -0.15) is 0 Å². The Morgan fingerprint density at radius 1 is 1.04 bits per heavy atom. The highest BCUT2D eigenvalue weighted by atomic mass is 16.5. The Bertz CT molecular complexity index is 606. The molecule has 2 aromatic rings. The van der Waals surface area contributed by atoms with Gasteiger partial charge < -0.3 is 10.1 Å². The quantitative estimate of drug-likeness (QED) is 0.754. The van der Waals surface area contributed by atoms with Crippen molar-refractivity contribution in [1.29, 1.82) is 0 Å². The highest BCUT2D eigenvalue weighted by molar-refractivity contribution is 5.76. The van der Waals surface area contributed by atoms with Gasteiger partial charge in [-0.15, -0.1) is 0 Å². The number of aryl methyl sites for hydroxylation is 1. The van der Waals surface area contributed by atoms with Crippen molar-refractivity contribution in [2.45, 2.75) is 38.2 Å². The van der Waals surface area contributed by atoms with Crippen molar-refractivity contribution in [3.05, 3.63) is 71.8 Å². The lowest BCUT2D eigenvalue weighted by molar-refractivity contribution is -0.123. The lowest BCUT2D eigenvalue weighted by atomic mass is 9.90. The molecule has 0 aromatic heterocycles. The zero-order valence-corrected chi connectivity index (χ0v) is 14.6. The van der Waals surface area contributed by atoms with E-state index in [1.165, 1.54) is 5.56 Å². The molecule has 0 aliphatic carbocycles. The summed E-state index contributed by atoms with van der Waals surface area (Å²) in [5, 5.41) is 3.05. The first-order valence-corrected chi connectivity index (χ1v) is 8.61. The van der Waals surface area contributed by atoms with Crippen molar-refractivity contribution in [3.63, 3.8) is 0 Å². The molecular weight excluding hydrogens is 298 g/mol. The maximum atomic E-state index is 12.2. The van der Waals surface area contributed by atoms with Crippen molar-refractivity contribution in [1.82, 2.24) is 5.32 Å². The standard InChI is InChI=1S/C21H27NO2/c1-3-21(24-2,19-14-8-5-9-15-19)17-22-20(23)16-10-13-18-11-6-4-7-12-18/h4-9,11-12,14-15H,3,10,13,16-17H2,1-2H3,(H,22,23). The number of ether oxygens (including phenoxy) is 1. The van der Waals surface area contributed by atoms with Crippen LogP contribution in [0.4, 0.5) is 0 Å². The number of methoxy groups -OCH3 is 1. The second kappa shape index (κ2) is 9.24. The zero-order chi connectivity index (χ0) is 17.3. The van der Waals surface area contributed by atoms with Crippen molar-refractivity contribution < 1.29 is 9.53 Å². The summed E-state index contributed by atoms with van der Waals surface area (Å²) in [5.74, 6) is 0.0803. The van der Waals surface area contributed by atoms with Gasteiger partial charge in [-0.3, -0.25) is 4.79 Å². The van der Waals surface area contributed by atoms with Crippen molar-refractivity contribution in [2.75, 3.05) is 13.7 Å². The van der Waals surface area contributed by atoms with Gasteiger partial charge in [-0.25, -0.2) is 0 Å². The van der Waals surface area contributed by atoms with Gasteiger partial charge in [0, 0.05) is 13.5 Å². The Morgan fingerprint density at radius 2 is 1.67 bits per heavy atom. The van der Waals surface area contributed by atoms with Crippen LogP contribution in [0.25, 0.3) is 0 Å². The number of hydrogen-bond donors (Lipinski definition) is 1. The molecule has 1 atom stereocenters. The lowest BCUT2D eigenvalue weighted by Crippen LogP contribution is -2.41. The second-order valence-electron chi connectivity index (χ2n) is 6.03. The minimum atomic E-state index is -0.462. The van der Waals surface area contributed by atoms with E-state index in [1.807, 2.05) is 36.4 Å². The van der Waals surface area contributed by atoms with Gasteiger partial charge >= 0.3 is 0 Å². The highest BCUT2D eigenvalue weighted by Crippen LogP contribution is 2.28. The molecule has 24 heavy (non-hydrogen) atoms. The number of hydrogen-bond acceptors (Lipinski definition) is 2. The maximum Gasteiger partial charge on any atom is 0.220 e. The van der Waals surface area contributed by atoms with E-state index < -0.39 is 5.60 Å². The van der Waals surface area contributed by atoms with Gasteiger partial charge in [0.1, 0.15) is 5.60 Å². The summed E-state index contributed by atoms with van der Waals surface area (Å²) >= 11 is 0. The molecule has 0 bridgehead atoms. The van der Waals surface area contributed by atoms with Crippen molar-refractivity contribution >= 4 is 5.91 Å². The second-order valence-corrected chi connectivity index (χ2v) is 6.03. The average Bonchev–Trinajstić information content (AvgIpc) is 2.65. The molecule has 0 fully saturated rings. The van der Waals surface area contributed by atoms with E-state index >= 15 is 0 Å². The number of benzene rings is 2. The number of carbonyl (C=O) groups is 1. The van der Waals surface area contributed by atoms with Crippen LogP contribution in [0, 0.1) is 0 Å². The lowest BCUT2D eigenvalue weighted by Gasteiger charge is -2.32. The third kappa shape index (κ3) is 4.93. The molecule has 0 radical (unpaired) electrons. The molecule has 3 heteroatoms. The van der Waals surface area contributed by atoms with E-state index in [1.54, 1.807) is 7.11 Å². The van der Waals surface area contributed by atoms with Crippen LogP contribution in [-0.2, 0) is 21.6 Å².